The van der Waals surface area contributed by atoms with Crippen LogP contribution in [0.1, 0.15) is 20.8 Å². The Labute approximate surface area is 174 Å². The number of rotatable bonds is 4. The summed E-state index contributed by atoms with van der Waals surface area (Å²) in [5.74, 6) is -2.34. The molecule has 2 atom stereocenters. The van der Waals surface area contributed by atoms with Gasteiger partial charge in [0.15, 0.2) is 0 Å². The minimum absolute atomic E-state index is 0.318. The lowest BCUT2D eigenvalue weighted by atomic mass is 9.65. The summed E-state index contributed by atoms with van der Waals surface area (Å²) in [4.78, 5) is 26.7. The first-order chi connectivity index (χ1) is 14.4. The number of carbonyl (C=O) groups excluding carboxylic acids is 2. The number of carbonyl (C=O) groups is 2. The number of nitriles is 1. The fourth-order valence-corrected chi connectivity index (χ4v) is 4.32. The van der Waals surface area contributed by atoms with Crippen molar-refractivity contribution in [1.82, 2.24) is 0 Å². The van der Waals surface area contributed by atoms with E-state index in [2.05, 4.69) is 16.3 Å². The van der Waals surface area contributed by atoms with Crippen LogP contribution in [-0.4, -0.2) is 23.2 Å². The largest absolute Gasteiger partial charge is 0.272 e. The number of nitrogens with zero attached hydrogens (tertiary/aromatic N) is 5. The van der Waals surface area contributed by atoms with E-state index < -0.39 is 17.3 Å². The van der Waals surface area contributed by atoms with Crippen molar-refractivity contribution in [3.63, 3.8) is 0 Å². The van der Waals surface area contributed by atoms with Crippen LogP contribution in [0.25, 0.3) is 0 Å². The molecule has 0 saturated heterocycles. The quantitative estimate of drug-likeness (QED) is 0.787. The maximum Gasteiger partial charge on any atom is 0.257 e. The zero-order valence-corrected chi connectivity index (χ0v) is 17.0. The first-order valence-electron chi connectivity index (χ1n) is 9.68. The van der Waals surface area contributed by atoms with E-state index in [-0.39, 0.29) is 11.8 Å². The maximum atomic E-state index is 13.3. The van der Waals surface area contributed by atoms with Gasteiger partial charge >= 0.3 is 0 Å². The molecule has 2 aromatic rings. The molecule has 2 amide bonds. The molecule has 150 valence electrons. The molecule has 0 N–H and O–H groups in total. The molecule has 0 radical (unpaired) electrons. The standard InChI is InChI=1S/C23H21N5O2/c1-15-19(21(29)27(25-15)17-10-6-4-7-11-17)23(3,14-24)20-16(2)26-28(22(20)30)18-12-8-5-9-13-18/h4-13,19-20H,1-3H3/t19-,20-/m0/s1. The molecule has 0 aliphatic carbocycles. The Kier molecular flexibility index (Phi) is 4.70. The van der Waals surface area contributed by atoms with Gasteiger partial charge in [-0.1, -0.05) is 36.4 Å². The van der Waals surface area contributed by atoms with Crippen LogP contribution in [0.15, 0.2) is 70.9 Å². The third-order valence-corrected chi connectivity index (χ3v) is 5.70. The van der Waals surface area contributed by atoms with Crippen molar-refractivity contribution in [2.75, 3.05) is 10.0 Å². The maximum absolute atomic E-state index is 13.3. The van der Waals surface area contributed by atoms with Gasteiger partial charge in [0.1, 0.15) is 0 Å². The van der Waals surface area contributed by atoms with Gasteiger partial charge in [-0.15, -0.1) is 0 Å². The average molecular weight is 399 g/mol. The van der Waals surface area contributed by atoms with Gasteiger partial charge < -0.3 is 0 Å². The van der Waals surface area contributed by atoms with Crippen molar-refractivity contribution >= 4 is 34.6 Å². The monoisotopic (exact) mass is 399 g/mol. The molecule has 2 aromatic carbocycles. The molecular weight excluding hydrogens is 378 g/mol. The molecule has 0 fully saturated rings. The van der Waals surface area contributed by atoms with Crippen molar-refractivity contribution in [2.45, 2.75) is 20.8 Å². The Morgan fingerprint density at radius 3 is 1.50 bits per heavy atom. The summed E-state index contributed by atoms with van der Waals surface area (Å²) in [6, 6.07) is 20.4. The smallest absolute Gasteiger partial charge is 0.257 e. The number of benzene rings is 2. The minimum Gasteiger partial charge on any atom is -0.272 e. The van der Waals surface area contributed by atoms with Gasteiger partial charge in [-0.2, -0.15) is 15.5 Å². The molecule has 0 unspecified atom stereocenters. The molecule has 7 nitrogen and oxygen atoms in total. The fourth-order valence-electron chi connectivity index (χ4n) is 4.32. The number of hydrazone groups is 2. The molecule has 0 bridgehead atoms. The highest BCUT2D eigenvalue weighted by molar-refractivity contribution is 6.20. The van der Waals surface area contributed by atoms with Crippen LogP contribution in [0.2, 0.25) is 0 Å². The molecule has 2 aliphatic rings. The third-order valence-electron chi connectivity index (χ3n) is 5.70. The van der Waals surface area contributed by atoms with E-state index >= 15 is 0 Å². The number of para-hydroxylation sites is 2. The first-order valence-corrected chi connectivity index (χ1v) is 9.68. The van der Waals surface area contributed by atoms with Gasteiger partial charge in [0.05, 0.1) is 46.1 Å². The summed E-state index contributed by atoms with van der Waals surface area (Å²) in [5.41, 5.74) is 0.929. The number of hydrogen-bond acceptors (Lipinski definition) is 5. The SMILES string of the molecule is CC1=NN(c2ccccc2)C(=O)[C@H]1C(C)(C#N)[C@@H]1C(=O)N(c2ccccc2)N=C1C. The zero-order valence-electron chi connectivity index (χ0n) is 17.0. The second kappa shape index (κ2) is 7.23. The summed E-state index contributed by atoms with van der Waals surface area (Å²) in [7, 11) is 0. The predicted octanol–water partition coefficient (Wildman–Crippen LogP) is 3.59. The molecule has 0 saturated carbocycles. The Balaban J connectivity index is 1.70. The summed E-state index contributed by atoms with van der Waals surface area (Å²) < 4.78 is 0. The highest BCUT2D eigenvalue weighted by Gasteiger charge is 2.57. The Morgan fingerprint density at radius 1 is 0.800 bits per heavy atom. The second-order valence-electron chi connectivity index (χ2n) is 7.71. The van der Waals surface area contributed by atoms with Crippen molar-refractivity contribution in [2.24, 2.45) is 27.5 Å². The Hall–Kier alpha value is -3.79. The molecule has 7 heteroatoms. The van der Waals surface area contributed by atoms with Crippen LogP contribution in [0.4, 0.5) is 11.4 Å². The van der Waals surface area contributed by atoms with E-state index in [1.807, 2.05) is 36.4 Å². The summed E-state index contributed by atoms with van der Waals surface area (Å²) in [5, 5.41) is 21.7. The Bertz CT molecular complexity index is 1020. The van der Waals surface area contributed by atoms with Crippen LogP contribution in [-0.2, 0) is 9.59 Å². The molecule has 2 heterocycles. The van der Waals surface area contributed by atoms with Gasteiger partial charge in [-0.3, -0.25) is 9.59 Å². The molecule has 4 rings (SSSR count). The predicted molar refractivity (Wildman–Crippen MR) is 115 cm³/mol. The van der Waals surface area contributed by atoms with Crippen molar-refractivity contribution in [1.29, 1.82) is 5.26 Å². The number of hydrogen-bond donors (Lipinski definition) is 0. The summed E-state index contributed by atoms with van der Waals surface area (Å²) >= 11 is 0. The third kappa shape index (κ3) is 2.89. The van der Waals surface area contributed by atoms with Crippen LogP contribution < -0.4 is 10.0 Å². The van der Waals surface area contributed by atoms with Crippen LogP contribution in [0, 0.1) is 28.6 Å². The normalized spacial score (nSPS) is 21.5. The molecule has 2 aliphatic heterocycles. The van der Waals surface area contributed by atoms with E-state index in [0.29, 0.717) is 22.8 Å². The second-order valence-corrected chi connectivity index (χ2v) is 7.71. The van der Waals surface area contributed by atoms with Crippen molar-refractivity contribution in [3.8, 4) is 6.07 Å². The number of anilines is 2. The van der Waals surface area contributed by atoms with Crippen LogP contribution in [0.3, 0.4) is 0 Å². The molecule has 30 heavy (non-hydrogen) atoms. The zero-order chi connectivity index (χ0) is 21.5. The molecule has 0 spiro atoms. The van der Waals surface area contributed by atoms with Gasteiger partial charge in [0.25, 0.3) is 11.8 Å². The topological polar surface area (TPSA) is 89.1 Å². The van der Waals surface area contributed by atoms with E-state index in [0.717, 1.165) is 0 Å². The Morgan fingerprint density at radius 2 is 1.17 bits per heavy atom. The van der Waals surface area contributed by atoms with E-state index in [1.165, 1.54) is 10.0 Å². The van der Waals surface area contributed by atoms with Gasteiger partial charge in [0, 0.05) is 0 Å². The van der Waals surface area contributed by atoms with Gasteiger partial charge in [-0.05, 0) is 45.0 Å². The highest BCUT2D eigenvalue weighted by Crippen LogP contribution is 2.44. The van der Waals surface area contributed by atoms with E-state index in [1.54, 1.807) is 45.0 Å². The summed E-state index contributed by atoms with van der Waals surface area (Å²) in [6.45, 7) is 5.10. The summed E-state index contributed by atoms with van der Waals surface area (Å²) in [6.07, 6.45) is 0. The lowest BCUT2D eigenvalue weighted by Crippen LogP contribution is -2.48. The van der Waals surface area contributed by atoms with Gasteiger partial charge in [-0.25, -0.2) is 10.0 Å². The van der Waals surface area contributed by atoms with Crippen LogP contribution in [0.5, 0.6) is 0 Å². The number of amides is 2. The lowest BCUT2D eigenvalue weighted by molar-refractivity contribution is -0.125. The van der Waals surface area contributed by atoms with E-state index in [4.69, 9.17) is 0 Å². The van der Waals surface area contributed by atoms with Gasteiger partial charge in [0.2, 0.25) is 0 Å². The molecule has 0 aromatic heterocycles. The van der Waals surface area contributed by atoms with Crippen LogP contribution >= 0.6 is 0 Å². The lowest BCUT2D eigenvalue weighted by Gasteiger charge is -2.32. The molecular formula is C23H21N5O2. The minimum atomic E-state index is -1.33. The fraction of sp³-hybridized carbons (Fsp3) is 0.261. The van der Waals surface area contributed by atoms with Crippen molar-refractivity contribution in [3.05, 3.63) is 60.7 Å². The average Bonchev–Trinajstić information content (AvgIpc) is 3.24. The van der Waals surface area contributed by atoms with Crippen molar-refractivity contribution < 1.29 is 9.59 Å². The van der Waals surface area contributed by atoms with E-state index in [9.17, 15) is 14.9 Å². The highest BCUT2D eigenvalue weighted by atomic mass is 16.2. The first kappa shape index (κ1) is 19.5.